The Balaban J connectivity index is 1.58. The molecule has 0 spiro atoms. The Hall–Kier alpha value is -3.56. The Kier molecular flexibility index (Phi) is 7.80. The van der Waals surface area contributed by atoms with E-state index in [4.69, 9.17) is 9.47 Å². The van der Waals surface area contributed by atoms with Crippen LogP contribution < -0.4 is 14.8 Å². The van der Waals surface area contributed by atoms with Crippen molar-refractivity contribution in [2.24, 2.45) is 0 Å². The van der Waals surface area contributed by atoms with E-state index in [-0.39, 0.29) is 35.7 Å². The highest BCUT2D eigenvalue weighted by Gasteiger charge is 2.29. The molecule has 0 saturated carbocycles. The number of carbonyl (C=O) groups excluding carboxylic acids is 1. The fourth-order valence-corrected chi connectivity index (χ4v) is 3.49. The van der Waals surface area contributed by atoms with Gasteiger partial charge in [-0.2, -0.15) is 18.3 Å². The van der Waals surface area contributed by atoms with E-state index in [0.29, 0.717) is 12.1 Å². The Bertz CT molecular complexity index is 1130. The van der Waals surface area contributed by atoms with Gasteiger partial charge in [0.25, 0.3) is 0 Å². The maximum Gasteiger partial charge on any atom is 0.422 e. The predicted molar refractivity (Wildman–Crippen MR) is 118 cm³/mol. The number of methoxy groups -OCH3 is 1. The SMILES string of the molecule is COc1cc(CCC(=O)NC(C)c2cnn(-c3ccc(F)cc3)c2C)ccc1OCC(F)(F)F. The van der Waals surface area contributed by atoms with Crippen molar-refractivity contribution in [2.75, 3.05) is 13.7 Å². The number of ether oxygens (including phenoxy) is 2. The highest BCUT2D eigenvalue weighted by atomic mass is 19.4. The topological polar surface area (TPSA) is 65.4 Å². The van der Waals surface area contributed by atoms with Gasteiger partial charge in [-0.1, -0.05) is 6.07 Å². The first kappa shape index (κ1) is 25.1. The Morgan fingerprint density at radius 1 is 1.15 bits per heavy atom. The third kappa shape index (κ3) is 6.49. The summed E-state index contributed by atoms with van der Waals surface area (Å²) in [5.74, 6) is -0.386. The molecule has 0 aliphatic rings. The second kappa shape index (κ2) is 10.6. The molecule has 10 heteroatoms. The minimum atomic E-state index is -4.45. The lowest BCUT2D eigenvalue weighted by Crippen LogP contribution is -2.27. The van der Waals surface area contributed by atoms with Crippen molar-refractivity contribution in [3.63, 3.8) is 0 Å². The van der Waals surface area contributed by atoms with Gasteiger partial charge in [-0.25, -0.2) is 9.07 Å². The van der Waals surface area contributed by atoms with Gasteiger partial charge in [-0.15, -0.1) is 0 Å². The minimum absolute atomic E-state index is 0.0182. The number of amides is 1. The lowest BCUT2D eigenvalue weighted by molar-refractivity contribution is -0.153. The van der Waals surface area contributed by atoms with Crippen LogP contribution in [-0.4, -0.2) is 35.6 Å². The number of nitrogens with zero attached hydrogens (tertiary/aromatic N) is 2. The summed E-state index contributed by atoms with van der Waals surface area (Å²) in [6, 6.07) is 10.2. The van der Waals surface area contributed by atoms with E-state index in [1.165, 1.54) is 25.3 Å². The van der Waals surface area contributed by atoms with Gasteiger partial charge in [0.2, 0.25) is 5.91 Å². The normalized spacial score (nSPS) is 12.3. The first-order valence-corrected chi connectivity index (χ1v) is 10.5. The fourth-order valence-electron chi connectivity index (χ4n) is 3.49. The van der Waals surface area contributed by atoms with Crippen molar-refractivity contribution >= 4 is 5.91 Å². The second-order valence-corrected chi connectivity index (χ2v) is 7.75. The quantitative estimate of drug-likeness (QED) is 0.435. The van der Waals surface area contributed by atoms with Crippen LogP contribution in [0.2, 0.25) is 0 Å². The van der Waals surface area contributed by atoms with Crippen LogP contribution in [0.5, 0.6) is 11.5 Å². The van der Waals surface area contributed by atoms with Crippen LogP contribution in [0.15, 0.2) is 48.7 Å². The van der Waals surface area contributed by atoms with E-state index in [1.807, 2.05) is 13.8 Å². The van der Waals surface area contributed by atoms with Gasteiger partial charge >= 0.3 is 6.18 Å². The van der Waals surface area contributed by atoms with Gasteiger partial charge in [-0.05, 0) is 62.2 Å². The molecule has 0 aliphatic carbocycles. The van der Waals surface area contributed by atoms with Gasteiger partial charge in [0.15, 0.2) is 18.1 Å². The number of benzene rings is 2. The fraction of sp³-hybridized carbons (Fsp3) is 0.333. The third-order valence-electron chi connectivity index (χ3n) is 5.22. The van der Waals surface area contributed by atoms with Gasteiger partial charge in [-0.3, -0.25) is 4.79 Å². The summed E-state index contributed by atoms with van der Waals surface area (Å²) >= 11 is 0. The molecule has 1 amide bonds. The summed E-state index contributed by atoms with van der Waals surface area (Å²) in [4.78, 5) is 12.5. The number of hydrogen-bond acceptors (Lipinski definition) is 4. The smallest absolute Gasteiger partial charge is 0.422 e. The van der Waals surface area contributed by atoms with Crippen LogP contribution in [0.25, 0.3) is 5.69 Å². The van der Waals surface area contributed by atoms with Crippen molar-refractivity contribution in [2.45, 2.75) is 38.9 Å². The molecule has 2 aromatic carbocycles. The molecule has 6 nitrogen and oxygen atoms in total. The molecule has 3 rings (SSSR count). The number of aromatic nitrogens is 2. The average Bonchev–Trinajstić information content (AvgIpc) is 3.17. The summed E-state index contributed by atoms with van der Waals surface area (Å²) in [5, 5.41) is 7.27. The Morgan fingerprint density at radius 2 is 1.85 bits per heavy atom. The maximum absolute atomic E-state index is 13.2. The molecule has 0 fully saturated rings. The molecular weight excluding hydrogens is 454 g/mol. The number of hydrogen-bond donors (Lipinski definition) is 1. The molecule has 182 valence electrons. The monoisotopic (exact) mass is 479 g/mol. The number of carbonyl (C=O) groups is 1. The van der Waals surface area contributed by atoms with Gasteiger partial charge in [0, 0.05) is 17.7 Å². The van der Waals surface area contributed by atoms with Gasteiger partial charge in [0.05, 0.1) is 25.0 Å². The van der Waals surface area contributed by atoms with Crippen LogP contribution in [0.3, 0.4) is 0 Å². The Labute approximate surface area is 194 Å². The number of rotatable bonds is 9. The summed E-state index contributed by atoms with van der Waals surface area (Å²) < 4.78 is 61.9. The lowest BCUT2D eigenvalue weighted by Gasteiger charge is -2.15. The lowest BCUT2D eigenvalue weighted by atomic mass is 10.1. The first-order valence-electron chi connectivity index (χ1n) is 10.5. The number of alkyl halides is 3. The summed E-state index contributed by atoms with van der Waals surface area (Å²) in [6.07, 6.45) is -2.26. The number of nitrogens with one attached hydrogen (secondary N) is 1. The highest BCUT2D eigenvalue weighted by molar-refractivity contribution is 5.76. The van der Waals surface area contributed by atoms with E-state index < -0.39 is 12.8 Å². The first-order chi connectivity index (χ1) is 16.1. The largest absolute Gasteiger partial charge is 0.493 e. The predicted octanol–water partition coefficient (Wildman–Crippen LogP) is 5.08. The zero-order valence-electron chi connectivity index (χ0n) is 18.9. The summed E-state index contributed by atoms with van der Waals surface area (Å²) in [6.45, 7) is 2.29. The zero-order valence-corrected chi connectivity index (χ0v) is 18.9. The summed E-state index contributed by atoms with van der Waals surface area (Å²) in [5.41, 5.74) is 3.07. The van der Waals surface area contributed by atoms with E-state index in [0.717, 1.165) is 16.8 Å². The summed E-state index contributed by atoms with van der Waals surface area (Å²) in [7, 11) is 1.34. The second-order valence-electron chi connectivity index (χ2n) is 7.75. The Morgan fingerprint density at radius 3 is 2.50 bits per heavy atom. The number of aryl methyl sites for hydroxylation is 1. The minimum Gasteiger partial charge on any atom is -0.493 e. The molecule has 1 atom stereocenters. The standard InChI is InChI=1S/C24H25F4N3O3/c1-15(20-13-29-31(16(20)2)19-8-6-18(25)7-9-19)30-23(32)11-5-17-4-10-21(22(12-17)33-3)34-14-24(26,27)28/h4,6-10,12-13,15H,5,11,14H2,1-3H3,(H,30,32). The molecule has 0 saturated heterocycles. The maximum atomic E-state index is 13.2. The van der Waals surface area contributed by atoms with E-state index in [2.05, 4.69) is 10.4 Å². The number of halogens is 4. The zero-order chi connectivity index (χ0) is 24.9. The van der Waals surface area contributed by atoms with Crippen LogP contribution in [0, 0.1) is 12.7 Å². The van der Waals surface area contributed by atoms with Gasteiger partial charge in [0.1, 0.15) is 5.82 Å². The van der Waals surface area contributed by atoms with Crippen LogP contribution in [0.4, 0.5) is 17.6 Å². The molecular formula is C24H25F4N3O3. The van der Waals surface area contributed by atoms with Crippen molar-refractivity contribution in [3.8, 4) is 17.2 Å². The van der Waals surface area contributed by atoms with E-state index >= 15 is 0 Å². The molecule has 1 N–H and O–H groups in total. The van der Waals surface area contributed by atoms with Crippen molar-refractivity contribution in [1.29, 1.82) is 0 Å². The van der Waals surface area contributed by atoms with Crippen LogP contribution in [0.1, 0.15) is 36.2 Å². The molecule has 3 aromatic rings. The molecule has 1 heterocycles. The molecule has 1 unspecified atom stereocenters. The van der Waals surface area contributed by atoms with Crippen molar-refractivity contribution in [1.82, 2.24) is 15.1 Å². The molecule has 0 aliphatic heterocycles. The van der Waals surface area contributed by atoms with E-state index in [9.17, 15) is 22.4 Å². The average molecular weight is 479 g/mol. The van der Waals surface area contributed by atoms with Gasteiger partial charge < -0.3 is 14.8 Å². The molecule has 34 heavy (non-hydrogen) atoms. The molecule has 0 radical (unpaired) electrons. The van der Waals surface area contributed by atoms with Crippen molar-refractivity contribution in [3.05, 3.63) is 71.3 Å². The highest BCUT2D eigenvalue weighted by Crippen LogP contribution is 2.30. The van der Waals surface area contributed by atoms with Crippen LogP contribution in [-0.2, 0) is 11.2 Å². The van der Waals surface area contributed by atoms with E-state index in [1.54, 1.807) is 35.1 Å². The van der Waals surface area contributed by atoms with Crippen molar-refractivity contribution < 1.29 is 31.8 Å². The molecule has 0 bridgehead atoms. The van der Waals surface area contributed by atoms with Crippen LogP contribution >= 0.6 is 0 Å². The molecule has 1 aromatic heterocycles. The third-order valence-corrected chi connectivity index (χ3v) is 5.22.